The van der Waals surface area contributed by atoms with E-state index >= 15 is 0 Å². The van der Waals surface area contributed by atoms with Crippen LogP contribution in [0, 0.1) is 0 Å². The lowest BCUT2D eigenvalue weighted by Crippen LogP contribution is -2.48. The van der Waals surface area contributed by atoms with Crippen LogP contribution in [0.4, 0.5) is 18.0 Å². The second kappa shape index (κ2) is 9.85. The number of rotatable bonds is 4. The number of carbonyl (C=O) groups excluding carboxylic acids is 1. The predicted molar refractivity (Wildman–Crippen MR) is 124 cm³/mol. The molecule has 0 saturated carbocycles. The molecule has 3 heterocycles. The molecule has 0 bridgehead atoms. The monoisotopic (exact) mass is 501 g/mol. The van der Waals surface area contributed by atoms with Crippen LogP contribution in [0.3, 0.4) is 0 Å². The number of amides is 2. The molecule has 0 spiro atoms. The molecular formula is C26H26F3N3O4. The van der Waals surface area contributed by atoms with Crippen molar-refractivity contribution in [1.29, 1.82) is 0 Å². The maximum Gasteiger partial charge on any atom is 0.573 e. The van der Waals surface area contributed by atoms with Crippen LogP contribution < -0.4 is 4.74 Å². The Morgan fingerprint density at radius 1 is 1.00 bits per heavy atom. The topological polar surface area (TPSA) is 79.0 Å². The predicted octanol–water partition coefficient (Wildman–Crippen LogP) is 5.00. The fourth-order valence-corrected chi connectivity index (χ4v) is 4.95. The summed E-state index contributed by atoms with van der Waals surface area (Å²) >= 11 is 0. The number of carbonyl (C=O) groups is 1. The number of oxazole rings is 1. The smallest absolute Gasteiger partial charge is 0.448 e. The van der Waals surface area contributed by atoms with Gasteiger partial charge in [0.2, 0.25) is 0 Å². The zero-order valence-electron chi connectivity index (χ0n) is 19.4. The molecule has 2 aromatic carbocycles. The van der Waals surface area contributed by atoms with E-state index in [1.54, 1.807) is 28.2 Å². The van der Waals surface area contributed by atoms with Crippen LogP contribution in [0.25, 0.3) is 11.3 Å². The lowest BCUT2D eigenvalue weighted by Gasteiger charge is -2.38. The molecule has 2 aliphatic rings. The second-order valence-electron chi connectivity index (χ2n) is 9.26. The number of urea groups is 1. The molecule has 3 unspecified atom stereocenters. The second-order valence-corrected chi connectivity index (χ2v) is 9.26. The van der Waals surface area contributed by atoms with Gasteiger partial charge in [0.1, 0.15) is 17.7 Å². The van der Waals surface area contributed by atoms with Gasteiger partial charge in [-0.25, -0.2) is 9.78 Å². The summed E-state index contributed by atoms with van der Waals surface area (Å²) in [5, 5.41) is 9.90. The SMILES string of the molecule is O=C(N1CCC(O)C1)N1CC(c2ccc(OC(F)(F)F)cc2)CC(c2nc(-c3ccccc3)co2)C1. The Hall–Kier alpha value is -3.53. The van der Waals surface area contributed by atoms with E-state index in [0.717, 1.165) is 11.1 Å². The number of hydrogen-bond acceptors (Lipinski definition) is 5. The van der Waals surface area contributed by atoms with Gasteiger partial charge in [0.15, 0.2) is 5.89 Å². The lowest BCUT2D eigenvalue weighted by atomic mass is 9.84. The number of ether oxygens (including phenoxy) is 1. The van der Waals surface area contributed by atoms with E-state index in [4.69, 9.17) is 4.42 Å². The first-order chi connectivity index (χ1) is 17.2. The standard InChI is InChI=1S/C26H26F3N3O4/c27-26(28,29)36-22-8-6-17(7-9-22)19-12-20(14-32(13-19)25(34)31-11-10-21(33)15-31)24-30-23(16-35-24)18-4-2-1-3-5-18/h1-9,16,19-21,33H,10-15H2. The lowest BCUT2D eigenvalue weighted by molar-refractivity contribution is -0.274. The highest BCUT2D eigenvalue weighted by molar-refractivity contribution is 5.75. The molecule has 2 aliphatic heterocycles. The first-order valence-electron chi connectivity index (χ1n) is 11.8. The van der Waals surface area contributed by atoms with Crippen molar-refractivity contribution in [3.05, 3.63) is 72.3 Å². The molecule has 2 amide bonds. The van der Waals surface area contributed by atoms with Gasteiger partial charge in [-0.15, -0.1) is 13.2 Å². The first kappa shape index (κ1) is 24.2. The Morgan fingerprint density at radius 2 is 1.72 bits per heavy atom. The number of β-amino-alcohol motifs (C(OH)–C–C–N with tert-alkyl or cyclic N) is 1. The van der Waals surface area contributed by atoms with E-state index in [-0.39, 0.29) is 30.2 Å². The van der Waals surface area contributed by atoms with Crippen molar-refractivity contribution in [2.75, 3.05) is 26.2 Å². The molecule has 3 aromatic rings. The van der Waals surface area contributed by atoms with Crippen molar-refractivity contribution < 1.29 is 32.2 Å². The summed E-state index contributed by atoms with van der Waals surface area (Å²) < 4.78 is 47.5. The van der Waals surface area contributed by atoms with Crippen LogP contribution >= 0.6 is 0 Å². The third-order valence-corrected chi connectivity index (χ3v) is 6.68. The number of hydrogen-bond donors (Lipinski definition) is 1. The Morgan fingerprint density at radius 3 is 2.39 bits per heavy atom. The third kappa shape index (κ3) is 5.48. The van der Waals surface area contributed by atoms with Gasteiger partial charge in [0.25, 0.3) is 0 Å². The van der Waals surface area contributed by atoms with Gasteiger partial charge in [-0.1, -0.05) is 42.5 Å². The summed E-state index contributed by atoms with van der Waals surface area (Å²) in [6.07, 6.45) is -2.55. The summed E-state index contributed by atoms with van der Waals surface area (Å²) in [7, 11) is 0. The van der Waals surface area contributed by atoms with Gasteiger partial charge in [-0.2, -0.15) is 0 Å². The number of nitrogens with zero attached hydrogens (tertiary/aromatic N) is 3. The van der Waals surface area contributed by atoms with Crippen molar-refractivity contribution in [2.24, 2.45) is 0 Å². The van der Waals surface area contributed by atoms with Crippen LogP contribution in [-0.4, -0.2) is 64.6 Å². The Balaban J connectivity index is 1.39. The van der Waals surface area contributed by atoms with Crippen LogP contribution in [0.5, 0.6) is 5.75 Å². The normalized spacial score (nSPS) is 22.6. The molecule has 5 rings (SSSR count). The maximum absolute atomic E-state index is 13.3. The Labute approximate surface area is 206 Å². The number of aliphatic hydroxyl groups excluding tert-OH is 1. The summed E-state index contributed by atoms with van der Waals surface area (Å²) in [6, 6.07) is 15.2. The van der Waals surface area contributed by atoms with Crippen LogP contribution in [0.15, 0.2) is 65.3 Å². The molecule has 190 valence electrons. The highest BCUT2D eigenvalue weighted by Crippen LogP contribution is 2.38. The maximum atomic E-state index is 13.3. The van der Waals surface area contributed by atoms with Gasteiger partial charge in [-0.05, 0) is 30.5 Å². The van der Waals surface area contributed by atoms with Crippen LogP contribution in [-0.2, 0) is 0 Å². The average Bonchev–Trinajstić information content (AvgIpc) is 3.53. The summed E-state index contributed by atoms with van der Waals surface area (Å²) in [5.74, 6) is -0.135. The minimum atomic E-state index is -4.76. The molecule has 36 heavy (non-hydrogen) atoms. The number of alkyl halides is 3. The van der Waals surface area contributed by atoms with Crippen molar-refractivity contribution in [2.45, 2.75) is 37.1 Å². The largest absolute Gasteiger partial charge is 0.573 e. The number of likely N-dealkylation sites (tertiary alicyclic amines) is 2. The van der Waals surface area contributed by atoms with E-state index in [0.29, 0.717) is 44.1 Å². The number of benzene rings is 2. The Bertz CT molecular complexity index is 1180. The summed E-state index contributed by atoms with van der Waals surface area (Å²) in [4.78, 5) is 21.3. The van der Waals surface area contributed by atoms with Gasteiger partial charge < -0.3 is 24.1 Å². The highest BCUT2D eigenvalue weighted by Gasteiger charge is 2.37. The quantitative estimate of drug-likeness (QED) is 0.545. The van der Waals surface area contributed by atoms with Gasteiger partial charge >= 0.3 is 12.4 Å². The summed E-state index contributed by atoms with van der Waals surface area (Å²) in [6.45, 7) is 1.55. The Kier molecular flexibility index (Phi) is 6.61. The minimum Gasteiger partial charge on any atom is -0.448 e. The molecule has 2 fully saturated rings. The van der Waals surface area contributed by atoms with E-state index in [9.17, 15) is 23.1 Å². The van der Waals surface area contributed by atoms with Gasteiger partial charge in [0, 0.05) is 37.7 Å². The summed E-state index contributed by atoms with van der Waals surface area (Å²) in [5.41, 5.74) is 2.41. The molecule has 3 atom stereocenters. The fourth-order valence-electron chi connectivity index (χ4n) is 4.95. The molecule has 0 aliphatic carbocycles. The number of piperidine rings is 1. The zero-order valence-corrected chi connectivity index (χ0v) is 19.4. The molecule has 7 nitrogen and oxygen atoms in total. The van der Waals surface area contributed by atoms with E-state index in [1.165, 1.54) is 12.1 Å². The zero-order chi connectivity index (χ0) is 25.3. The molecule has 0 radical (unpaired) electrons. The molecule has 2 saturated heterocycles. The van der Waals surface area contributed by atoms with Gasteiger partial charge in [0.05, 0.1) is 12.0 Å². The van der Waals surface area contributed by atoms with Crippen molar-refractivity contribution in [1.82, 2.24) is 14.8 Å². The number of halogens is 3. The van der Waals surface area contributed by atoms with Crippen molar-refractivity contribution in [3.8, 4) is 17.0 Å². The van der Waals surface area contributed by atoms with Crippen LogP contribution in [0.1, 0.15) is 36.1 Å². The molecule has 10 heteroatoms. The van der Waals surface area contributed by atoms with E-state index < -0.39 is 12.5 Å². The molecular weight excluding hydrogens is 475 g/mol. The van der Waals surface area contributed by atoms with Crippen LogP contribution in [0.2, 0.25) is 0 Å². The minimum absolute atomic E-state index is 0.146. The fraction of sp³-hybridized carbons (Fsp3) is 0.385. The number of aromatic nitrogens is 1. The van der Waals surface area contributed by atoms with E-state index in [1.807, 2.05) is 30.3 Å². The molecule has 1 aromatic heterocycles. The number of aliphatic hydroxyl groups is 1. The van der Waals surface area contributed by atoms with Crippen molar-refractivity contribution >= 4 is 6.03 Å². The van der Waals surface area contributed by atoms with Crippen molar-refractivity contribution in [3.63, 3.8) is 0 Å². The third-order valence-electron chi connectivity index (χ3n) is 6.68. The first-order valence-corrected chi connectivity index (χ1v) is 11.8. The molecule has 1 N–H and O–H groups in total. The average molecular weight is 502 g/mol. The highest BCUT2D eigenvalue weighted by atomic mass is 19.4. The van der Waals surface area contributed by atoms with Gasteiger partial charge in [-0.3, -0.25) is 0 Å². The van der Waals surface area contributed by atoms with E-state index in [2.05, 4.69) is 9.72 Å².